The van der Waals surface area contributed by atoms with E-state index in [4.69, 9.17) is 11.6 Å². The van der Waals surface area contributed by atoms with Crippen molar-refractivity contribution in [2.75, 3.05) is 5.32 Å². The molecule has 0 aliphatic heterocycles. The fourth-order valence-electron chi connectivity index (χ4n) is 2.41. The molecule has 132 valence electrons. The molecule has 0 radical (unpaired) electrons. The lowest BCUT2D eigenvalue weighted by atomic mass is 10.1. The number of nitrogens with zero attached hydrogens (tertiary/aromatic N) is 2. The number of hydrogen-bond donors (Lipinski definition) is 1. The Morgan fingerprint density at radius 3 is 2.46 bits per heavy atom. The van der Waals surface area contributed by atoms with Gasteiger partial charge in [-0.05, 0) is 36.2 Å². The van der Waals surface area contributed by atoms with Crippen LogP contribution in [0.15, 0.2) is 48.8 Å². The van der Waals surface area contributed by atoms with Crippen LogP contribution >= 0.6 is 11.6 Å². The standard InChI is InChI=1S/C19H14ClF2N3O/c1-2-11-6-7-13(20)12(8-11)16-9-24-17(10-23-16)25-19(26)18-14(21)4-3-5-15(18)22/h3-10H,2H2,1H3,(H,24,25,26). The first kappa shape index (κ1) is 17.9. The van der Waals surface area contributed by atoms with E-state index in [0.29, 0.717) is 10.7 Å². The first-order valence-corrected chi connectivity index (χ1v) is 8.23. The molecule has 0 saturated heterocycles. The molecular formula is C19H14ClF2N3O. The Labute approximate surface area is 153 Å². The molecular weight excluding hydrogens is 360 g/mol. The lowest BCUT2D eigenvalue weighted by molar-refractivity contribution is 0.101. The Balaban J connectivity index is 1.83. The van der Waals surface area contributed by atoms with Gasteiger partial charge in [-0.1, -0.05) is 30.7 Å². The Bertz CT molecular complexity index is 941. The van der Waals surface area contributed by atoms with Crippen LogP contribution in [0.3, 0.4) is 0 Å². The zero-order valence-electron chi connectivity index (χ0n) is 13.8. The predicted octanol–water partition coefficient (Wildman–Crippen LogP) is 4.89. The summed E-state index contributed by atoms with van der Waals surface area (Å²) < 4.78 is 27.3. The maximum atomic E-state index is 13.7. The molecule has 7 heteroatoms. The molecule has 0 bridgehead atoms. The van der Waals surface area contributed by atoms with E-state index in [2.05, 4.69) is 15.3 Å². The number of anilines is 1. The molecule has 0 aliphatic rings. The van der Waals surface area contributed by atoms with Crippen LogP contribution in [0.5, 0.6) is 0 Å². The van der Waals surface area contributed by atoms with Gasteiger partial charge in [-0.3, -0.25) is 9.78 Å². The highest BCUT2D eigenvalue weighted by Gasteiger charge is 2.17. The lowest BCUT2D eigenvalue weighted by Gasteiger charge is -2.08. The van der Waals surface area contributed by atoms with E-state index in [-0.39, 0.29) is 5.82 Å². The number of carbonyl (C=O) groups is 1. The molecule has 0 saturated carbocycles. The summed E-state index contributed by atoms with van der Waals surface area (Å²) >= 11 is 6.21. The molecule has 26 heavy (non-hydrogen) atoms. The van der Waals surface area contributed by atoms with Gasteiger partial charge in [0.25, 0.3) is 5.91 Å². The van der Waals surface area contributed by atoms with Crippen molar-refractivity contribution in [3.8, 4) is 11.3 Å². The second-order valence-corrected chi connectivity index (χ2v) is 5.91. The first-order chi connectivity index (χ1) is 12.5. The Morgan fingerprint density at radius 1 is 1.12 bits per heavy atom. The van der Waals surface area contributed by atoms with Crippen LogP contribution in [0.25, 0.3) is 11.3 Å². The van der Waals surface area contributed by atoms with Gasteiger partial charge in [0.2, 0.25) is 0 Å². The van der Waals surface area contributed by atoms with Gasteiger partial charge in [-0.25, -0.2) is 13.8 Å². The number of rotatable bonds is 4. The fraction of sp³-hybridized carbons (Fsp3) is 0.105. The molecule has 0 fully saturated rings. The van der Waals surface area contributed by atoms with Gasteiger partial charge in [0, 0.05) is 5.56 Å². The van der Waals surface area contributed by atoms with Crippen LogP contribution in [0.1, 0.15) is 22.8 Å². The van der Waals surface area contributed by atoms with Crippen LogP contribution in [0.4, 0.5) is 14.6 Å². The summed E-state index contributed by atoms with van der Waals surface area (Å²) in [6.45, 7) is 2.03. The van der Waals surface area contributed by atoms with Crippen LogP contribution in [-0.4, -0.2) is 15.9 Å². The minimum atomic E-state index is -0.949. The second-order valence-electron chi connectivity index (χ2n) is 5.51. The Kier molecular flexibility index (Phi) is 5.23. The summed E-state index contributed by atoms with van der Waals surface area (Å²) in [4.78, 5) is 20.4. The molecule has 0 spiro atoms. The van der Waals surface area contributed by atoms with Crippen molar-refractivity contribution in [1.82, 2.24) is 9.97 Å². The predicted molar refractivity (Wildman–Crippen MR) is 96.2 cm³/mol. The van der Waals surface area contributed by atoms with Crippen molar-refractivity contribution in [1.29, 1.82) is 0 Å². The number of amides is 1. The molecule has 3 rings (SSSR count). The van der Waals surface area contributed by atoms with Crippen molar-refractivity contribution >= 4 is 23.3 Å². The van der Waals surface area contributed by atoms with E-state index in [9.17, 15) is 13.6 Å². The molecule has 0 unspecified atom stereocenters. The first-order valence-electron chi connectivity index (χ1n) is 7.85. The van der Waals surface area contributed by atoms with Gasteiger partial charge in [0.1, 0.15) is 17.2 Å². The molecule has 0 atom stereocenters. The Hall–Kier alpha value is -2.86. The number of aryl methyl sites for hydroxylation is 1. The molecule has 1 aromatic heterocycles. The Morgan fingerprint density at radius 2 is 1.85 bits per heavy atom. The van der Waals surface area contributed by atoms with Crippen LogP contribution in [0, 0.1) is 11.6 Å². The molecule has 4 nitrogen and oxygen atoms in total. The highest BCUT2D eigenvalue weighted by molar-refractivity contribution is 6.33. The SMILES string of the molecule is CCc1ccc(Cl)c(-c2cnc(NC(=O)c3c(F)cccc3F)cn2)c1. The number of nitrogens with one attached hydrogen (secondary N) is 1. The molecule has 1 N–H and O–H groups in total. The fourth-order valence-corrected chi connectivity index (χ4v) is 2.63. The number of carbonyl (C=O) groups excluding carboxylic acids is 1. The van der Waals surface area contributed by atoms with Gasteiger partial charge >= 0.3 is 0 Å². The normalized spacial score (nSPS) is 10.6. The topological polar surface area (TPSA) is 54.9 Å². The van der Waals surface area contributed by atoms with E-state index in [1.165, 1.54) is 18.5 Å². The maximum Gasteiger partial charge on any atom is 0.262 e. The average Bonchev–Trinajstić information content (AvgIpc) is 2.63. The van der Waals surface area contributed by atoms with Gasteiger partial charge in [-0.15, -0.1) is 0 Å². The van der Waals surface area contributed by atoms with Crippen molar-refractivity contribution in [3.63, 3.8) is 0 Å². The van der Waals surface area contributed by atoms with E-state index in [1.54, 1.807) is 6.07 Å². The lowest BCUT2D eigenvalue weighted by Crippen LogP contribution is -2.16. The van der Waals surface area contributed by atoms with Gasteiger partial charge in [0.05, 0.1) is 23.1 Å². The number of aromatic nitrogens is 2. The van der Waals surface area contributed by atoms with Gasteiger partial charge < -0.3 is 5.32 Å². The van der Waals surface area contributed by atoms with E-state index >= 15 is 0 Å². The third-order valence-electron chi connectivity index (χ3n) is 3.80. The zero-order chi connectivity index (χ0) is 18.7. The van der Waals surface area contributed by atoms with E-state index in [0.717, 1.165) is 29.7 Å². The van der Waals surface area contributed by atoms with Crippen molar-refractivity contribution in [3.05, 3.63) is 76.6 Å². The summed E-state index contributed by atoms with van der Waals surface area (Å²) in [5, 5.41) is 2.86. The smallest absolute Gasteiger partial charge is 0.262 e. The molecule has 3 aromatic rings. The quantitative estimate of drug-likeness (QED) is 0.708. The van der Waals surface area contributed by atoms with Gasteiger partial charge in [-0.2, -0.15) is 0 Å². The van der Waals surface area contributed by atoms with E-state index < -0.39 is 23.1 Å². The van der Waals surface area contributed by atoms with Crippen molar-refractivity contribution in [2.24, 2.45) is 0 Å². The summed E-state index contributed by atoms with van der Waals surface area (Å²) in [7, 11) is 0. The third kappa shape index (κ3) is 3.70. The molecule has 1 heterocycles. The van der Waals surface area contributed by atoms with Crippen molar-refractivity contribution < 1.29 is 13.6 Å². The summed E-state index contributed by atoms with van der Waals surface area (Å²) in [5.41, 5.74) is 1.67. The van der Waals surface area contributed by atoms with Crippen LogP contribution < -0.4 is 5.32 Å². The maximum absolute atomic E-state index is 13.7. The number of benzene rings is 2. The van der Waals surface area contributed by atoms with Gasteiger partial charge in [0.15, 0.2) is 5.82 Å². The van der Waals surface area contributed by atoms with E-state index in [1.807, 2.05) is 19.1 Å². The zero-order valence-corrected chi connectivity index (χ0v) is 14.5. The monoisotopic (exact) mass is 373 g/mol. The number of halogens is 3. The highest BCUT2D eigenvalue weighted by atomic mass is 35.5. The highest BCUT2D eigenvalue weighted by Crippen LogP contribution is 2.27. The summed E-state index contributed by atoms with van der Waals surface area (Å²) in [5.74, 6) is -2.76. The largest absolute Gasteiger partial charge is 0.305 e. The molecule has 1 amide bonds. The molecule has 0 aliphatic carbocycles. The van der Waals surface area contributed by atoms with Crippen LogP contribution in [-0.2, 0) is 6.42 Å². The molecule has 2 aromatic carbocycles. The minimum absolute atomic E-state index is 0.0733. The van der Waals surface area contributed by atoms with Crippen molar-refractivity contribution in [2.45, 2.75) is 13.3 Å². The minimum Gasteiger partial charge on any atom is -0.305 e. The summed E-state index contributed by atoms with van der Waals surface area (Å²) in [6.07, 6.45) is 3.59. The van der Waals surface area contributed by atoms with Crippen LogP contribution in [0.2, 0.25) is 5.02 Å². The number of hydrogen-bond acceptors (Lipinski definition) is 3. The average molecular weight is 374 g/mol. The second kappa shape index (κ2) is 7.58. The summed E-state index contributed by atoms with van der Waals surface area (Å²) in [6, 6.07) is 8.83. The third-order valence-corrected chi connectivity index (χ3v) is 4.13.